The Morgan fingerprint density at radius 1 is 1.12 bits per heavy atom. The van der Waals surface area contributed by atoms with E-state index in [4.69, 9.17) is 27.9 Å². The zero-order valence-corrected chi connectivity index (χ0v) is 16.5. The summed E-state index contributed by atoms with van der Waals surface area (Å²) >= 11 is 13.9. The van der Waals surface area contributed by atoms with Crippen molar-refractivity contribution in [1.82, 2.24) is 14.8 Å². The van der Waals surface area contributed by atoms with Crippen LogP contribution in [0.25, 0.3) is 11.4 Å². The Kier molecular flexibility index (Phi) is 5.43. The number of hydrogen-bond donors (Lipinski definition) is 0. The van der Waals surface area contributed by atoms with Gasteiger partial charge in [0.2, 0.25) is 0 Å². The number of carbonyl (C=O) groups excluding carboxylic acids is 1. The second-order valence-electron chi connectivity index (χ2n) is 6.65. The van der Waals surface area contributed by atoms with E-state index in [0.29, 0.717) is 29.1 Å². The maximum Gasteiger partial charge on any atom is 0.319 e. The number of aromatic nitrogens is 3. The summed E-state index contributed by atoms with van der Waals surface area (Å²) in [7, 11) is 0. The van der Waals surface area contributed by atoms with Crippen molar-refractivity contribution in [3.63, 3.8) is 0 Å². The molecule has 26 heavy (non-hydrogen) atoms. The van der Waals surface area contributed by atoms with Gasteiger partial charge in [0, 0.05) is 23.0 Å². The molecule has 0 N–H and O–H groups in total. The largest absolute Gasteiger partial charge is 0.465 e. The third-order valence-corrected chi connectivity index (χ3v) is 6.66. The molecule has 2 fully saturated rings. The van der Waals surface area contributed by atoms with Gasteiger partial charge in [-0.05, 0) is 31.0 Å². The molecule has 0 spiro atoms. The summed E-state index contributed by atoms with van der Waals surface area (Å²) in [6, 6.07) is 5.73. The normalized spacial score (nSPS) is 21.2. The van der Waals surface area contributed by atoms with Crippen molar-refractivity contribution in [2.75, 3.05) is 6.61 Å². The number of cyclic esters (lactones) is 1. The molecule has 1 aliphatic heterocycles. The molecular weight excluding hydrogens is 393 g/mol. The van der Waals surface area contributed by atoms with Crippen molar-refractivity contribution in [3.8, 4) is 11.4 Å². The highest BCUT2D eigenvalue weighted by atomic mass is 35.5. The second-order valence-corrected chi connectivity index (χ2v) is 8.67. The molecule has 2 aliphatic rings. The first-order chi connectivity index (χ1) is 12.6. The van der Waals surface area contributed by atoms with Gasteiger partial charge in [0.15, 0.2) is 11.0 Å². The topological polar surface area (TPSA) is 57.0 Å². The van der Waals surface area contributed by atoms with Crippen LogP contribution in [0.1, 0.15) is 44.6 Å². The van der Waals surface area contributed by atoms with E-state index < -0.39 is 0 Å². The fraction of sp³-hybridized carbons (Fsp3) is 0.500. The van der Waals surface area contributed by atoms with E-state index in [2.05, 4.69) is 14.8 Å². The maximum atomic E-state index is 11.9. The number of halogens is 2. The van der Waals surface area contributed by atoms with Crippen LogP contribution in [0.5, 0.6) is 0 Å². The van der Waals surface area contributed by atoms with Gasteiger partial charge in [-0.2, -0.15) is 0 Å². The first-order valence-corrected chi connectivity index (χ1v) is 10.5. The second kappa shape index (κ2) is 7.79. The van der Waals surface area contributed by atoms with Gasteiger partial charge in [0.25, 0.3) is 0 Å². The Bertz CT molecular complexity index is 821. The molecule has 2 aromatic rings. The number of benzene rings is 1. The minimum absolute atomic E-state index is 0.167. The lowest BCUT2D eigenvalue weighted by Crippen LogP contribution is -2.17. The van der Waals surface area contributed by atoms with Crippen LogP contribution in [0.4, 0.5) is 0 Å². The first kappa shape index (κ1) is 18.1. The van der Waals surface area contributed by atoms with Crippen LogP contribution < -0.4 is 0 Å². The zero-order valence-electron chi connectivity index (χ0n) is 14.2. The number of esters is 1. The van der Waals surface area contributed by atoms with Crippen LogP contribution in [0.3, 0.4) is 0 Å². The SMILES string of the molecule is O=C1OCC[C@@H]1Sc1nnc(-c2ccc(Cl)cc2Cl)n1C1CCCCC1. The number of rotatable bonds is 4. The molecule has 1 aromatic heterocycles. The van der Waals surface area contributed by atoms with E-state index >= 15 is 0 Å². The van der Waals surface area contributed by atoms with Gasteiger partial charge >= 0.3 is 5.97 Å². The highest BCUT2D eigenvalue weighted by Crippen LogP contribution is 2.39. The highest BCUT2D eigenvalue weighted by molar-refractivity contribution is 8.00. The average molecular weight is 412 g/mol. The summed E-state index contributed by atoms with van der Waals surface area (Å²) in [6.07, 6.45) is 6.50. The van der Waals surface area contributed by atoms with Crippen LogP contribution in [-0.4, -0.2) is 32.6 Å². The maximum absolute atomic E-state index is 11.9. The van der Waals surface area contributed by atoms with Crippen LogP contribution >= 0.6 is 35.0 Å². The van der Waals surface area contributed by atoms with Crippen molar-refractivity contribution < 1.29 is 9.53 Å². The van der Waals surface area contributed by atoms with Gasteiger partial charge in [-0.15, -0.1) is 10.2 Å². The molecule has 138 valence electrons. The smallest absolute Gasteiger partial charge is 0.319 e. The number of carbonyl (C=O) groups is 1. The molecule has 0 amide bonds. The lowest BCUT2D eigenvalue weighted by atomic mass is 9.95. The molecule has 4 rings (SSSR count). The summed E-state index contributed by atoms with van der Waals surface area (Å²) in [5, 5.41) is 10.5. The molecule has 1 aliphatic carbocycles. The van der Waals surface area contributed by atoms with Crippen molar-refractivity contribution in [3.05, 3.63) is 28.2 Å². The molecule has 1 atom stereocenters. The average Bonchev–Trinajstić information content (AvgIpc) is 3.23. The van der Waals surface area contributed by atoms with E-state index in [1.807, 2.05) is 12.1 Å². The van der Waals surface area contributed by atoms with E-state index in [-0.39, 0.29) is 11.2 Å². The quantitative estimate of drug-likeness (QED) is 0.649. The highest BCUT2D eigenvalue weighted by Gasteiger charge is 2.32. The van der Waals surface area contributed by atoms with Gasteiger partial charge in [0.1, 0.15) is 5.25 Å². The number of thioether (sulfide) groups is 1. The van der Waals surface area contributed by atoms with Crippen molar-refractivity contribution >= 4 is 40.9 Å². The van der Waals surface area contributed by atoms with Gasteiger partial charge in [0.05, 0.1) is 11.6 Å². The summed E-state index contributed by atoms with van der Waals surface area (Å²) < 4.78 is 7.26. The molecule has 2 heterocycles. The van der Waals surface area contributed by atoms with E-state index in [1.54, 1.807) is 6.07 Å². The summed E-state index contributed by atoms with van der Waals surface area (Å²) in [5.41, 5.74) is 0.815. The predicted molar refractivity (Wildman–Crippen MR) is 103 cm³/mol. The van der Waals surface area contributed by atoms with Crippen molar-refractivity contribution in [1.29, 1.82) is 0 Å². The van der Waals surface area contributed by atoms with Crippen molar-refractivity contribution in [2.24, 2.45) is 0 Å². The number of ether oxygens (including phenoxy) is 1. The summed E-state index contributed by atoms with van der Waals surface area (Å²) in [4.78, 5) is 11.9. The molecule has 1 saturated carbocycles. The minimum Gasteiger partial charge on any atom is -0.465 e. The van der Waals surface area contributed by atoms with Crippen molar-refractivity contribution in [2.45, 2.75) is 55.0 Å². The Morgan fingerprint density at radius 3 is 2.62 bits per heavy atom. The van der Waals surface area contributed by atoms with Crippen LogP contribution in [-0.2, 0) is 9.53 Å². The monoisotopic (exact) mass is 411 g/mol. The molecule has 0 bridgehead atoms. The Labute approximate surface area is 166 Å². The molecule has 1 saturated heterocycles. The lowest BCUT2D eigenvalue weighted by Gasteiger charge is -2.26. The predicted octanol–water partition coefficient (Wildman–Crippen LogP) is 5.16. The Balaban J connectivity index is 1.74. The fourth-order valence-corrected chi connectivity index (χ4v) is 5.15. The molecule has 1 aromatic carbocycles. The molecule has 0 radical (unpaired) electrons. The van der Waals surface area contributed by atoms with Gasteiger partial charge < -0.3 is 4.74 Å². The molecular formula is C18H19Cl2N3O2S. The fourth-order valence-electron chi connectivity index (χ4n) is 3.59. The molecule has 8 heteroatoms. The third kappa shape index (κ3) is 3.59. The third-order valence-electron chi connectivity index (χ3n) is 4.91. The van der Waals surface area contributed by atoms with E-state index in [9.17, 15) is 4.79 Å². The zero-order chi connectivity index (χ0) is 18.1. The van der Waals surface area contributed by atoms with Crippen LogP contribution in [0, 0.1) is 0 Å². The Hall–Kier alpha value is -1.24. The Morgan fingerprint density at radius 2 is 1.92 bits per heavy atom. The van der Waals surface area contributed by atoms with Crippen LogP contribution in [0.15, 0.2) is 23.4 Å². The number of hydrogen-bond acceptors (Lipinski definition) is 5. The van der Waals surface area contributed by atoms with Crippen LogP contribution in [0.2, 0.25) is 10.0 Å². The van der Waals surface area contributed by atoms with Gasteiger partial charge in [-0.25, -0.2) is 0 Å². The van der Waals surface area contributed by atoms with Gasteiger partial charge in [-0.3, -0.25) is 9.36 Å². The number of nitrogens with zero attached hydrogens (tertiary/aromatic N) is 3. The molecule has 0 unspecified atom stereocenters. The van der Waals surface area contributed by atoms with E-state index in [0.717, 1.165) is 29.4 Å². The first-order valence-electron chi connectivity index (χ1n) is 8.87. The standard InChI is InChI=1S/C18H19Cl2N3O2S/c19-11-6-7-13(14(20)10-11)16-21-22-18(26-15-8-9-25-17(15)24)23(16)12-4-2-1-3-5-12/h6-7,10,12,15H,1-5,8-9H2/t15-/m0/s1. The summed E-state index contributed by atoms with van der Waals surface area (Å²) in [5.74, 6) is 0.576. The summed E-state index contributed by atoms with van der Waals surface area (Å²) in [6.45, 7) is 0.476. The molecule has 5 nitrogen and oxygen atoms in total. The van der Waals surface area contributed by atoms with Gasteiger partial charge in [-0.1, -0.05) is 54.2 Å². The lowest BCUT2D eigenvalue weighted by molar-refractivity contribution is -0.137. The minimum atomic E-state index is -0.213. The van der Waals surface area contributed by atoms with E-state index in [1.165, 1.54) is 31.0 Å².